The maximum Gasteiger partial charge on any atom is 0.188 e. The predicted octanol–water partition coefficient (Wildman–Crippen LogP) is 9.35. The molecule has 0 radical (unpaired) electrons. The maximum absolute atomic E-state index is 11.5. The van der Waals surface area contributed by atoms with E-state index < -0.39 is 0 Å². The molecule has 0 aliphatic heterocycles. The van der Waals surface area contributed by atoms with E-state index in [1.165, 1.54) is 99.3 Å². The summed E-state index contributed by atoms with van der Waals surface area (Å²) < 4.78 is 21.1. The van der Waals surface area contributed by atoms with Gasteiger partial charge >= 0.3 is 0 Å². The summed E-state index contributed by atoms with van der Waals surface area (Å²) in [6.07, 6.45) is 19.5. The largest absolute Gasteiger partial charge is 0.504 e. The summed E-state index contributed by atoms with van der Waals surface area (Å²) in [6, 6.07) is 8.23. The van der Waals surface area contributed by atoms with Gasteiger partial charge in [-0.05, 0) is 170 Å². The Labute approximate surface area is 281 Å². The van der Waals surface area contributed by atoms with Gasteiger partial charge in [-0.3, -0.25) is 4.79 Å². The third-order valence-corrected chi connectivity index (χ3v) is 14.0. The number of aldehydes is 1. The van der Waals surface area contributed by atoms with Gasteiger partial charge in [-0.2, -0.15) is 0 Å². The van der Waals surface area contributed by atoms with E-state index in [0.29, 0.717) is 39.7 Å². The minimum Gasteiger partial charge on any atom is -0.504 e. The number of carbonyl (C=O) groups is 1. The minimum atomic E-state index is 0.179. The molecule has 256 valence electrons. The summed E-state index contributed by atoms with van der Waals surface area (Å²) in [5.41, 5.74) is 7.40. The van der Waals surface area contributed by atoms with E-state index in [0.717, 1.165) is 42.8 Å². The summed E-state index contributed by atoms with van der Waals surface area (Å²) in [5.74, 6) is 6.17. The van der Waals surface area contributed by atoms with E-state index in [9.17, 15) is 9.90 Å². The number of rotatable bonds is 7. The highest BCUT2D eigenvalue weighted by Crippen LogP contribution is 2.62. The molecule has 2 aromatic carbocycles. The molecule has 6 heteroatoms. The molecule has 0 amide bonds. The van der Waals surface area contributed by atoms with Crippen molar-refractivity contribution in [3.8, 4) is 17.2 Å². The lowest BCUT2D eigenvalue weighted by Gasteiger charge is -2.49. The zero-order valence-corrected chi connectivity index (χ0v) is 29.2. The van der Waals surface area contributed by atoms with Crippen molar-refractivity contribution in [2.24, 2.45) is 34.5 Å². The number of hydrogen-bond donors (Lipinski definition) is 1. The van der Waals surface area contributed by atoms with Crippen LogP contribution >= 0.6 is 0 Å². The molecular formula is C41H56O6. The molecule has 6 nitrogen and oxygen atoms in total. The van der Waals surface area contributed by atoms with Crippen LogP contribution in [0.5, 0.6) is 17.2 Å². The van der Waals surface area contributed by atoms with Gasteiger partial charge in [0.05, 0.1) is 5.56 Å². The third-order valence-electron chi connectivity index (χ3n) is 14.0. The second-order valence-corrected chi connectivity index (χ2v) is 16.3. The van der Waals surface area contributed by atoms with Gasteiger partial charge in [0.2, 0.25) is 0 Å². The quantitative estimate of drug-likeness (QED) is 0.239. The Morgan fingerprint density at radius 3 is 1.74 bits per heavy atom. The van der Waals surface area contributed by atoms with Gasteiger partial charge in [0, 0.05) is 14.2 Å². The summed E-state index contributed by atoms with van der Waals surface area (Å²) in [5, 5.41) is 10.3. The standard InChI is InChI=1S/C21H28O3.C20H28O3/c1-21-8-3-4-19(21)17-6-5-14-11-20(24-13-23-2)15(12-22)10-18(14)16(17)7-9-21;1-20-8-3-4-17(20)15-6-5-13-10-19(23-12-22-2)18(21)11-16(13)14(15)7-9-20/h10-12,16-17,19H,3-9,13H2,1-2H3;10-11,14-15,17,21H,3-9,12H2,1-2H3/t16?,17?,19?,21-;14?,15?,17?,20-/m00/s1. The monoisotopic (exact) mass is 644 g/mol. The minimum absolute atomic E-state index is 0.179. The highest BCUT2D eigenvalue weighted by atomic mass is 16.7. The van der Waals surface area contributed by atoms with Gasteiger partial charge in [-0.15, -0.1) is 0 Å². The molecule has 6 aliphatic rings. The van der Waals surface area contributed by atoms with E-state index in [1.54, 1.807) is 14.2 Å². The Morgan fingerprint density at radius 1 is 0.702 bits per heavy atom. The first kappa shape index (κ1) is 33.0. The molecule has 6 unspecified atom stereocenters. The molecule has 8 atom stereocenters. The van der Waals surface area contributed by atoms with Gasteiger partial charge in [-0.25, -0.2) is 0 Å². The molecule has 47 heavy (non-hydrogen) atoms. The van der Waals surface area contributed by atoms with Crippen LogP contribution < -0.4 is 9.47 Å². The van der Waals surface area contributed by atoms with E-state index in [-0.39, 0.29) is 19.3 Å². The number of hydrogen-bond acceptors (Lipinski definition) is 6. The van der Waals surface area contributed by atoms with Crippen molar-refractivity contribution in [2.75, 3.05) is 27.8 Å². The summed E-state index contributed by atoms with van der Waals surface area (Å²) >= 11 is 0. The number of fused-ring (bicyclic) bond motifs is 10. The highest BCUT2D eigenvalue weighted by Gasteiger charge is 2.51. The lowest BCUT2D eigenvalue weighted by molar-refractivity contribution is 0.0482. The average Bonchev–Trinajstić information content (AvgIpc) is 3.68. The topological polar surface area (TPSA) is 74.2 Å². The van der Waals surface area contributed by atoms with E-state index >= 15 is 0 Å². The maximum atomic E-state index is 11.5. The molecular weight excluding hydrogens is 588 g/mol. The smallest absolute Gasteiger partial charge is 0.188 e. The van der Waals surface area contributed by atoms with Crippen molar-refractivity contribution in [1.29, 1.82) is 0 Å². The fraction of sp³-hybridized carbons (Fsp3) is 0.683. The number of aromatic hydroxyl groups is 1. The molecule has 0 aromatic heterocycles. The van der Waals surface area contributed by atoms with Crippen molar-refractivity contribution in [3.63, 3.8) is 0 Å². The zero-order chi connectivity index (χ0) is 32.8. The number of benzene rings is 2. The lowest BCUT2D eigenvalue weighted by atomic mass is 9.56. The Morgan fingerprint density at radius 2 is 1.21 bits per heavy atom. The van der Waals surface area contributed by atoms with Gasteiger partial charge in [-0.1, -0.05) is 26.7 Å². The second kappa shape index (κ2) is 13.4. The number of ether oxygens (including phenoxy) is 4. The second-order valence-electron chi connectivity index (χ2n) is 16.3. The molecule has 2 aromatic rings. The molecule has 0 bridgehead atoms. The van der Waals surface area contributed by atoms with E-state index in [2.05, 4.69) is 26.0 Å². The molecule has 0 saturated heterocycles. The number of carbonyl (C=O) groups excluding carboxylic acids is 1. The van der Waals surface area contributed by atoms with Crippen molar-refractivity contribution in [1.82, 2.24) is 0 Å². The summed E-state index contributed by atoms with van der Waals surface area (Å²) in [6.45, 7) is 5.41. The molecule has 4 saturated carbocycles. The average molecular weight is 645 g/mol. The number of methoxy groups -OCH3 is 2. The molecule has 4 fully saturated rings. The molecule has 1 N–H and O–H groups in total. The van der Waals surface area contributed by atoms with Crippen LogP contribution in [-0.2, 0) is 22.3 Å². The van der Waals surface area contributed by atoms with Crippen LogP contribution in [0.1, 0.15) is 135 Å². The first-order valence-corrected chi connectivity index (χ1v) is 18.5. The van der Waals surface area contributed by atoms with Crippen LogP contribution in [0.4, 0.5) is 0 Å². The van der Waals surface area contributed by atoms with Crippen LogP contribution in [0.2, 0.25) is 0 Å². The van der Waals surface area contributed by atoms with Crippen molar-refractivity contribution >= 4 is 6.29 Å². The number of phenols is 1. The molecule has 0 spiro atoms. The van der Waals surface area contributed by atoms with Crippen molar-refractivity contribution < 1.29 is 28.8 Å². The predicted molar refractivity (Wildman–Crippen MR) is 183 cm³/mol. The van der Waals surface area contributed by atoms with Gasteiger partial charge in [0.15, 0.2) is 31.4 Å². The Hall–Kier alpha value is -2.57. The lowest BCUT2D eigenvalue weighted by Crippen LogP contribution is -2.39. The third kappa shape index (κ3) is 6.00. The van der Waals surface area contributed by atoms with E-state index in [4.69, 9.17) is 18.9 Å². The van der Waals surface area contributed by atoms with E-state index in [1.807, 2.05) is 12.1 Å². The Balaban J connectivity index is 0.000000150. The fourth-order valence-corrected chi connectivity index (χ4v) is 11.8. The number of phenolic OH excluding ortho intramolecular Hbond substituents is 1. The molecule has 6 aliphatic carbocycles. The highest BCUT2D eigenvalue weighted by molar-refractivity contribution is 5.80. The summed E-state index contributed by atoms with van der Waals surface area (Å²) in [7, 11) is 3.20. The Kier molecular flexibility index (Phi) is 9.38. The zero-order valence-electron chi connectivity index (χ0n) is 29.2. The van der Waals surface area contributed by atoms with Gasteiger partial charge in [0.25, 0.3) is 0 Å². The van der Waals surface area contributed by atoms with Crippen LogP contribution in [0.3, 0.4) is 0 Å². The van der Waals surface area contributed by atoms with Crippen molar-refractivity contribution in [3.05, 3.63) is 52.1 Å². The Bertz CT molecular complexity index is 1450. The molecule has 8 rings (SSSR count). The van der Waals surface area contributed by atoms with Crippen LogP contribution in [0, 0.1) is 34.5 Å². The first-order valence-electron chi connectivity index (χ1n) is 18.5. The van der Waals surface area contributed by atoms with Crippen molar-refractivity contribution in [2.45, 2.75) is 116 Å². The van der Waals surface area contributed by atoms with Crippen LogP contribution in [0.15, 0.2) is 24.3 Å². The SMILES string of the molecule is COCOc1cc2c(cc1C=O)C1CC[C@]3(C)CCCC3C1CC2.COCOc1cc2c(cc1O)C1CC[C@]3(C)CCCC3C1CC2. The normalized spacial score (nSPS) is 34.7. The first-order chi connectivity index (χ1) is 22.8. The molecule has 0 heterocycles. The van der Waals surface area contributed by atoms with Crippen LogP contribution in [0.25, 0.3) is 0 Å². The van der Waals surface area contributed by atoms with Gasteiger partial charge < -0.3 is 24.1 Å². The number of aryl methyl sites for hydroxylation is 2. The summed E-state index contributed by atoms with van der Waals surface area (Å²) in [4.78, 5) is 11.5. The fourth-order valence-electron chi connectivity index (χ4n) is 11.8. The van der Waals surface area contributed by atoms with Crippen LogP contribution in [-0.4, -0.2) is 39.2 Å². The van der Waals surface area contributed by atoms with Gasteiger partial charge in [0.1, 0.15) is 5.75 Å².